The van der Waals surface area contributed by atoms with Crippen molar-refractivity contribution in [3.63, 3.8) is 0 Å². The maximum Gasteiger partial charge on any atom is 0.254 e. The van der Waals surface area contributed by atoms with E-state index in [-0.39, 0.29) is 18.0 Å². The molecule has 0 fully saturated rings. The van der Waals surface area contributed by atoms with Gasteiger partial charge in [0.1, 0.15) is 6.54 Å². The highest BCUT2D eigenvalue weighted by Gasteiger charge is 2.07. The van der Waals surface area contributed by atoms with Gasteiger partial charge in [-0.05, 0) is 24.1 Å². The topological polar surface area (TPSA) is 64.0 Å². The average Bonchev–Trinajstić information content (AvgIpc) is 2.65. The Morgan fingerprint density at radius 1 is 1.08 bits per heavy atom. The molecular formula is C20H18ClN3O2. The first-order chi connectivity index (χ1) is 12.6. The van der Waals surface area contributed by atoms with Gasteiger partial charge in [-0.25, -0.2) is 4.98 Å². The second kappa shape index (κ2) is 8.45. The normalized spacial score (nSPS) is 10.5. The van der Waals surface area contributed by atoms with E-state index in [0.717, 1.165) is 17.5 Å². The molecule has 0 unspecified atom stereocenters. The molecule has 0 saturated carbocycles. The lowest BCUT2D eigenvalue weighted by atomic mass is 10.1. The van der Waals surface area contributed by atoms with E-state index in [2.05, 4.69) is 10.3 Å². The minimum atomic E-state index is -0.275. The molecule has 0 atom stereocenters. The van der Waals surface area contributed by atoms with Crippen molar-refractivity contribution < 1.29 is 4.79 Å². The second-order valence-corrected chi connectivity index (χ2v) is 6.27. The van der Waals surface area contributed by atoms with Gasteiger partial charge in [0.05, 0.1) is 12.0 Å². The first-order valence-corrected chi connectivity index (χ1v) is 8.63. The molecule has 132 valence electrons. The molecule has 1 N–H and O–H groups in total. The number of aromatic nitrogens is 2. The Kier molecular flexibility index (Phi) is 5.81. The molecule has 0 spiro atoms. The minimum absolute atomic E-state index is 0.0540. The number of nitrogens with one attached hydrogen (secondary N) is 1. The number of carbonyl (C=O) groups is 1. The fraction of sp³-hybridized carbons (Fsp3) is 0.150. The quantitative estimate of drug-likeness (QED) is 0.728. The van der Waals surface area contributed by atoms with Gasteiger partial charge in [0.2, 0.25) is 5.91 Å². The summed E-state index contributed by atoms with van der Waals surface area (Å²) in [7, 11) is 0. The number of amides is 1. The molecule has 1 amide bonds. The zero-order chi connectivity index (χ0) is 18.4. The summed E-state index contributed by atoms with van der Waals surface area (Å²) >= 11 is 5.86. The summed E-state index contributed by atoms with van der Waals surface area (Å²) in [4.78, 5) is 28.5. The van der Waals surface area contributed by atoms with E-state index in [1.807, 2.05) is 30.3 Å². The molecule has 5 nitrogen and oxygen atoms in total. The van der Waals surface area contributed by atoms with Crippen LogP contribution in [0.1, 0.15) is 5.56 Å². The van der Waals surface area contributed by atoms with Gasteiger partial charge in [-0.15, -0.1) is 0 Å². The van der Waals surface area contributed by atoms with E-state index >= 15 is 0 Å². The van der Waals surface area contributed by atoms with E-state index in [1.165, 1.54) is 17.0 Å². The van der Waals surface area contributed by atoms with E-state index in [9.17, 15) is 9.59 Å². The molecule has 0 radical (unpaired) electrons. The summed E-state index contributed by atoms with van der Waals surface area (Å²) in [6.45, 7) is 0.468. The van der Waals surface area contributed by atoms with Crippen LogP contribution in [0.4, 0.5) is 0 Å². The molecule has 0 saturated heterocycles. The molecule has 3 aromatic rings. The molecule has 1 heterocycles. The summed E-state index contributed by atoms with van der Waals surface area (Å²) in [6, 6.07) is 18.4. The van der Waals surface area contributed by atoms with Crippen LogP contribution in [0.3, 0.4) is 0 Å². The molecular weight excluding hydrogens is 350 g/mol. The summed E-state index contributed by atoms with van der Waals surface area (Å²) in [6.07, 6.45) is 2.14. The number of halogens is 1. The van der Waals surface area contributed by atoms with Gasteiger partial charge in [0.25, 0.3) is 5.56 Å². The number of carbonyl (C=O) groups excluding carboxylic acids is 1. The Bertz CT molecular complexity index is 937. The standard InChI is InChI=1S/C20H18ClN3O2/c21-17-8-6-16(7-9-17)18-12-20(26)24(14-23-18)13-19(25)22-11-10-15-4-2-1-3-5-15/h1-9,12,14H,10-11,13H2,(H,22,25). The highest BCUT2D eigenvalue weighted by atomic mass is 35.5. The Balaban J connectivity index is 1.58. The van der Waals surface area contributed by atoms with Gasteiger partial charge in [-0.3, -0.25) is 14.2 Å². The maximum atomic E-state index is 12.2. The molecule has 6 heteroatoms. The monoisotopic (exact) mass is 367 g/mol. The zero-order valence-corrected chi connectivity index (χ0v) is 14.8. The summed E-state index contributed by atoms with van der Waals surface area (Å²) in [5, 5.41) is 3.44. The van der Waals surface area contributed by atoms with Crippen LogP contribution in [0, 0.1) is 0 Å². The van der Waals surface area contributed by atoms with E-state index in [0.29, 0.717) is 17.3 Å². The summed E-state index contributed by atoms with van der Waals surface area (Å²) < 4.78 is 1.29. The molecule has 26 heavy (non-hydrogen) atoms. The Morgan fingerprint density at radius 2 is 1.81 bits per heavy atom. The van der Waals surface area contributed by atoms with Crippen molar-refractivity contribution in [2.45, 2.75) is 13.0 Å². The van der Waals surface area contributed by atoms with Crippen molar-refractivity contribution in [2.24, 2.45) is 0 Å². The lowest BCUT2D eigenvalue weighted by molar-refractivity contribution is -0.121. The third-order valence-electron chi connectivity index (χ3n) is 3.91. The van der Waals surface area contributed by atoms with Crippen molar-refractivity contribution >= 4 is 17.5 Å². The smallest absolute Gasteiger partial charge is 0.254 e. The van der Waals surface area contributed by atoms with Crippen LogP contribution in [0.15, 0.2) is 71.8 Å². The van der Waals surface area contributed by atoms with Crippen molar-refractivity contribution in [3.05, 3.63) is 87.9 Å². The minimum Gasteiger partial charge on any atom is -0.354 e. The van der Waals surface area contributed by atoms with Crippen LogP contribution in [-0.2, 0) is 17.8 Å². The summed E-state index contributed by atoms with van der Waals surface area (Å²) in [5.74, 6) is -0.218. The fourth-order valence-corrected chi connectivity index (χ4v) is 2.65. The summed E-state index contributed by atoms with van der Waals surface area (Å²) in [5.41, 5.74) is 2.22. The number of nitrogens with zero attached hydrogens (tertiary/aromatic N) is 2. The van der Waals surface area contributed by atoms with Crippen molar-refractivity contribution in [1.82, 2.24) is 14.9 Å². The van der Waals surface area contributed by atoms with Crippen molar-refractivity contribution in [1.29, 1.82) is 0 Å². The fourth-order valence-electron chi connectivity index (χ4n) is 2.52. The van der Waals surface area contributed by atoms with Crippen LogP contribution < -0.4 is 10.9 Å². The van der Waals surface area contributed by atoms with Gasteiger partial charge in [-0.2, -0.15) is 0 Å². The SMILES string of the molecule is O=C(Cn1cnc(-c2ccc(Cl)cc2)cc1=O)NCCc1ccccc1. The largest absolute Gasteiger partial charge is 0.354 e. The number of hydrogen-bond acceptors (Lipinski definition) is 3. The first kappa shape index (κ1) is 17.9. The second-order valence-electron chi connectivity index (χ2n) is 5.83. The number of rotatable bonds is 6. The van der Waals surface area contributed by atoms with E-state index in [4.69, 9.17) is 11.6 Å². The van der Waals surface area contributed by atoms with Gasteiger partial charge in [0.15, 0.2) is 0 Å². The van der Waals surface area contributed by atoms with E-state index < -0.39 is 0 Å². The zero-order valence-electron chi connectivity index (χ0n) is 14.1. The highest BCUT2D eigenvalue weighted by molar-refractivity contribution is 6.30. The van der Waals surface area contributed by atoms with Gasteiger partial charge in [-0.1, -0.05) is 54.1 Å². The van der Waals surface area contributed by atoms with Crippen LogP contribution >= 0.6 is 11.6 Å². The van der Waals surface area contributed by atoms with Crippen LogP contribution in [0.5, 0.6) is 0 Å². The third kappa shape index (κ3) is 4.80. The average molecular weight is 368 g/mol. The van der Waals surface area contributed by atoms with Gasteiger partial charge >= 0.3 is 0 Å². The van der Waals surface area contributed by atoms with Crippen LogP contribution in [-0.4, -0.2) is 22.0 Å². The Labute approximate surface area is 156 Å². The first-order valence-electron chi connectivity index (χ1n) is 8.25. The lowest BCUT2D eigenvalue weighted by Crippen LogP contribution is -2.33. The highest BCUT2D eigenvalue weighted by Crippen LogP contribution is 2.17. The van der Waals surface area contributed by atoms with Crippen molar-refractivity contribution in [2.75, 3.05) is 6.54 Å². The Morgan fingerprint density at radius 3 is 2.50 bits per heavy atom. The molecule has 2 aromatic carbocycles. The molecule has 0 aliphatic rings. The molecule has 0 bridgehead atoms. The number of benzene rings is 2. The van der Waals surface area contributed by atoms with Crippen LogP contribution in [0.2, 0.25) is 5.02 Å². The molecule has 0 aliphatic carbocycles. The van der Waals surface area contributed by atoms with Gasteiger partial charge in [0, 0.05) is 23.2 Å². The third-order valence-corrected chi connectivity index (χ3v) is 4.16. The predicted molar refractivity (Wildman–Crippen MR) is 102 cm³/mol. The van der Waals surface area contributed by atoms with Crippen LogP contribution in [0.25, 0.3) is 11.3 Å². The molecule has 1 aromatic heterocycles. The van der Waals surface area contributed by atoms with Gasteiger partial charge < -0.3 is 5.32 Å². The van der Waals surface area contributed by atoms with E-state index in [1.54, 1.807) is 24.3 Å². The lowest BCUT2D eigenvalue weighted by Gasteiger charge is -2.08. The number of hydrogen-bond donors (Lipinski definition) is 1. The maximum absolute atomic E-state index is 12.2. The molecule has 3 rings (SSSR count). The van der Waals surface area contributed by atoms with Crippen molar-refractivity contribution in [3.8, 4) is 11.3 Å². The molecule has 0 aliphatic heterocycles. The Hall–Kier alpha value is -2.92. The predicted octanol–water partition coefficient (Wildman–Crippen LogP) is 2.92.